The van der Waals surface area contributed by atoms with Gasteiger partial charge >= 0.3 is 18.0 Å². The van der Waals surface area contributed by atoms with Gasteiger partial charge in [-0.1, -0.05) is 29.3 Å². The van der Waals surface area contributed by atoms with Crippen LogP contribution in [0.4, 0.5) is 19.3 Å². The number of aliphatic imine (C=N–C) groups is 1. The minimum Gasteiger partial charge on any atom is -0.478 e. The molecule has 12 nitrogen and oxygen atoms in total. The number of rotatable bonds is 9. The summed E-state index contributed by atoms with van der Waals surface area (Å²) in [4.78, 5) is 52.7. The van der Waals surface area contributed by atoms with Crippen LogP contribution in [0.15, 0.2) is 82.4 Å². The average molecular weight is 770 g/mol. The van der Waals surface area contributed by atoms with E-state index in [4.69, 9.17) is 42.8 Å². The van der Waals surface area contributed by atoms with E-state index in [1.165, 1.54) is 41.5 Å². The van der Waals surface area contributed by atoms with E-state index in [0.29, 0.717) is 51.8 Å². The van der Waals surface area contributed by atoms with Gasteiger partial charge in [0.1, 0.15) is 17.6 Å². The molecule has 268 valence electrons. The standard InChI is InChI=1S/C35H28Cl2F2N6O6S/c1-50-34(48)29-27(41-31(32-40-6-9-52-32)42-30(29)24-4-3-19(36)11-25(24)37)17-43-7-8-44-22(15-43)16-45(35(44)49)21-12-20(38)13-23(14-21)51-28-5-2-18(33(46)47)10-26(28)39/h2-6,9-14,22,30H,7-8,15-17H2,1H3,(H,41,42)(H,46,47). The number of ether oxygens (including phenoxy) is 2. The Morgan fingerprint density at radius 2 is 1.90 bits per heavy atom. The number of carboxylic acids is 1. The molecule has 2 atom stereocenters. The summed E-state index contributed by atoms with van der Waals surface area (Å²) in [6.07, 6.45) is 1.65. The highest BCUT2D eigenvalue weighted by Gasteiger charge is 2.42. The minimum atomic E-state index is -1.31. The molecule has 52 heavy (non-hydrogen) atoms. The van der Waals surface area contributed by atoms with Gasteiger partial charge in [-0.15, -0.1) is 11.3 Å². The highest BCUT2D eigenvalue weighted by Crippen LogP contribution is 2.38. The van der Waals surface area contributed by atoms with E-state index >= 15 is 0 Å². The molecular weight excluding hydrogens is 741 g/mol. The zero-order valence-corrected chi connectivity index (χ0v) is 29.5. The molecule has 17 heteroatoms. The molecule has 2 amide bonds. The van der Waals surface area contributed by atoms with Crippen LogP contribution in [-0.4, -0.2) is 89.6 Å². The Hall–Kier alpha value is -5.09. The number of aromatic carboxylic acids is 1. The van der Waals surface area contributed by atoms with Crippen molar-refractivity contribution in [2.45, 2.75) is 12.1 Å². The number of nitrogens with one attached hydrogen (secondary N) is 1. The molecule has 7 rings (SSSR count). The summed E-state index contributed by atoms with van der Waals surface area (Å²) in [5, 5.41) is 15.6. The monoisotopic (exact) mass is 768 g/mol. The van der Waals surface area contributed by atoms with Gasteiger partial charge in [-0.3, -0.25) is 14.8 Å². The van der Waals surface area contributed by atoms with E-state index in [0.717, 1.165) is 18.2 Å². The fraction of sp³-hybridized carbons (Fsp3) is 0.229. The van der Waals surface area contributed by atoms with Crippen LogP contribution in [0.1, 0.15) is 27.0 Å². The van der Waals surface area contributed by atoms with Gasteiger partial charge in [0.15, 0.2) is 22.4 Å². The molecule has 2 unspecified atom stereocenters. The highest BCUT2D eigenvalue weighted by atomic mass is 35.5. The zero-order chi connectivity index (χ0) is 36.7. The largest absolute Gasteiger partial charge is 0.478 e. The van der Waals surface area contributed by atoms with Gasteiger partial charge in [0.25, 0.3) is 0 Å². The maximum atomic E-state index is 14.8. The van der Waals surface area contributed by atoms with E-state index in [2.05, 4.69) is 15.2 Å². The number of aromatic nitrogens is 1. The average Bonchev–Trinajstić information content (AvgIpc) is 3.77. The first-order chi connectivity index (χ1) is 25.0. The number of hydrogen-bond donors (Lipinski definition) is 2. The number of benzene rings is 3. The van der Waals surface area contributed by atoms with Gasteiger partial charge in [0, 0.05) is 77.7 Å². The fourth-order valence-electron chi connectivity index (χ4n) is 6.43. The number of carboxylic acid groups (broad SMARTS) is 1. The summed E-state index contributed by atoms with van der Waals surface area (Å²) in [6.45, 7) is 1.69. The number of halogens is 4. The molecule has 0 bridgehead atoms. The van der Waals surface area contributed by atoms with Crippen molar-refractivity contribution < 1.29 is 37.7 Å². The molecule has 0 aliphatic carbocycles. The molecule has 3 aromatic carbocycles. The molecule has 0 saturated carbocycles. The van der Waals surface area contributed by atoms with Crippen molar-refractivity contribution >= 4 is 64.0 Å². The molecule has 2 N–H and O–H groups in total. The number of thiazole rings is 1. The van der Waals surface area contributed by atoms with Gasteiger partial charge in [-0.2, -0.15) is 0 Å². The SMILES string of the molecule is COC(=O)C1=C(CN2CCN3C(=O)N(c4cc(F)cc(Oc5ccc(C(=O)O)cc5F)c4)CC3C2)NC(c2nccs2)=NC1c1ccc(Cl)cc1Cl. The van der Waals surface area contributed by atoms with Gasteiger partial charge in [0.2, 0.25) is 0 Å². The summed E-state index contributed by atoms with van der Waals surface area (Å²) in [5.74, 6) is -3.48. The van der Waals surface area contributed by atoms with Gasteiger partial charge in [-0.25, -0.2) is 28.1 Å². The number of hydrogen-bond acceptors (Lipinski definition) is 10. The van der Waals surface area contributed by atoms with Crippen molar-refractivity contribution in [2.75, 3.05) is 44.7 Å². The lowest BCUT2D eigenvalue weighted by atomic mass is 9.95. The van der Waals surface area contributed by atoms with Crippen LogP contribution in [0.25, 0.3) is 0 Å². The Morgan fingerprint density at radius 3 is 2.62 bits per heavy atom. The number of anilines is 1. The number of fused-ring (bicyclic) bond motifs is 1. The van der Waals surface area contributed by atoms with Crippen molar-refractivity contribution in [3.05, 3.63) is 115 Å². The van der Waals surface area contributed by atoms with Crippen molar-refractivity contribution in [3.63, 3.8) is 0 Å². The smallest absolute Gasteiger partial charge is 0.338 e. The Morgan fingerprint density at radius 1 is 1.08 bits per heavy atom. The number of nitrogens with zero attached hydrogens (tertiary/aromatic N) is 5. The van der Waals surface area contributed by atoms with Crippen molar-refractivity contribution in [3.8, 4) is 11.5 Å². The Bertz CT molecular complexity index is 2150. The maximum absolute atomic E-state index is 14.8. The molecule has 0 radical (unpaired) electrons. The number of piperazine rings is 1. The van der Waals surface area contributed by atoms with E-state index in [1.807, 2.05) is 5.38 Å². The summed E-state index contributed by atoms with van der Waals surface area (Å²) in [5.41, 5.74) is 1.29. The lowest BCUT2D eigenvalue weighted by Crippen LogP contribution is -2.53. The fourth-order valence-corrected chi connectivity index (χ4v) is 7.53. The zero-order valence-electron chi connectivity index (χ0n) is 27.2. The van der Waals surface area contributed by atoms with Crippen LogP contribution in [0.3, 0.4) is 0 Å². The molecular formula is C35H28Cl2F2N6O6S. The normalized spacial score (nSPS) is 18.9. The molecule has 4 aromatic rings. The van der Waals surface area contributed by atoms with E-state index in [9.17, 15) is 23.2 Å². The first-order valence-electron chi connectivity index (χ1n) is 15.8. The summed E-state index contributed by atoms with van der Waals surface area (Å²) >= 11 is 14.2. The Kier molecular flexibility index (Phi) is 9.85. The van der Waals surface area contributed by atoms with Gasteiger partial charge < -0.3 is 24.8 Å². The lowest BCUT2D eigenvalue weighted by Gasteiger charge is -2.38. The Labute approximate surface area is 309 Å². The second-order valence-corrected chi connectivity index (χ2v) is 13.8. The van der Waals surface area contributed by atoms with Crippen LogP contribution in [0.5, 0.6) is 11.5 Å². The number of urea groups is 1. The van der Waals surface area contributed by atoms with Crippen molar-refractivity contribution in [2.24, 2.45) is 4.99 Å². The third kappa shape index (κ3) is 7.04. The summed E-state index contributed by atoms with van der Waals surface area (Å²) < 4.78 is 40.2. The topological polar surface area (TPSA) is 137 Å². The van der Waals surface area contributed by atoms with Gasteiger partial charge in [0.05, 0.1) is 30.0 Å². The van der Waals surface area contributed by atoms with Crippen molar-refractivity contribution in [1.29, 1.82) is 0 Å². The second-order valence-electron chi connectivity index (χ2n) is 12.1. The molecule has 3 aliphatic rings. The highest BCUT2D eigenvalue weighted by molar-refractivity contribution is 7.11. The van der Waals surface area contributed by atoms with Crippen LogP contribution >= 0.6 is 34.5 Å². The molecule has 3 aliphatic heterocycles. The number of carbonyl (C=O) groups is 3. The van der Waals surface area contributed by atoms with Crippen LogP contribution in [-0.2, 0) is 9.53 Å². The number of amidine groups is 1. The predicted molar refractivity (Wildman–Crippen MR) is 190 cm³/mol. The molecule has 0 spiro atoms. The van der Waals surface area contributed by atoms with Crippen LogP contribution in [0, 0.1) is 11.6 Å². The first kappa shape index (κ1) is 35.3. The van der Waals surface area contributed by atoms with Gasteiger partial charge in [-0.05, 0) is 36.4 Å². The minimum absolute atomic E-state index is 0.0741. The molecule has 2 saturated heterocycles. The predicted octanol–water partition coefficient (Wildman–Crippen LogP) is 6.36. The van der Waals surface area contributed by atoms with E-state index in [1.54, 1.807) is 29.3 Å². The number of amides is 2. The third-order valence-electron chi connectivity index (χ3n) is 8.82. The van der Waals surface area contributed by atoms with E-state index in [-0.39, 0.29) is 53.5 Å². The number of carbonyl (C=O) groups excluding carboxylic acids is 2. The maximum Gasteiger partial charge on any atom is 0.338 e. The summed E-state index contributed by atoms with van der Waals surface area (Å²) in [7, 11) is 1.29. The lowest BCUT2D eigenvalue weighted by molar-refractivity contribution is -0.136. The first-order valence-corrected chi connectivity index (χ1v) is 17.5. The third-order valence-corrected chi connectivity index (χ3v) is 10.2. The number of esters is 1. The second kappa shape index (κ2) is 14.5. The van der Waals surface area contributed by atoms with Crippen LogP contribution in [0.2, 0.25) is 10.0 Å². The number of methoxy groups -OCH3 is 1. The van der Waals surface area contributed by atoms with Crippen LogP contribution < -0.4 is 15.0 Å². The Balaban J connectivity index is 1.13. The molecule has 4 heterocycles. The van der Waals surface area contributed by atoms with E-state index < -0.39 is 29.6 Å². The summed E-state index contributed by atoms with van der Waals surface area (Å²) in [6, 6.07) is 10.3. The molecule has 2 fully saturated rings. The van der Waals surface area contributed by atoms with Crippen molar-refractivity contribution in [1.82, 2.24) is 20.1 Å². The molecule has 1 aromatic heterocycles. The quantitative estimate of drug-likeness (QED) is 0.186.